The van der Waals surface area contributed by atoms with Gasteiger partial charge in [0.15, 0.2) is 0 Å². The van der Waals surface area contributed by atoms with E-state index in [2.05, 4.69) is 5.87 Å². The summed E-state index contributed by atoms with van der Waals surface area (Å²) < 4.78 is 11.4. The van der Waals surface area contributed by atoms with Crippen LogP contribution < -0.4 is 0 Å². The van der Waals surface area contributed by atoms with Crippen LogP contribution >= 0.6 is 0 Å². The van der Waals surface area contributed by atoms with E-state index in [4.69, 9.17) is 5.26 Å². The Morgan fingerprint density at radius 3 is 2.75 bits per heavy atom. The Bertz CT molecular complexity index is 426. The van der Waals surface area contributed by atoms with Gasteiger partial charge >= 0.3 is 0 Å². The van der Waals surface area contributed by atoms with Crippen molar-refractivity contribution in [1.29, 1.82) is 5.26 Å². The number of hydrogen-bond donors (Lipinski definition) is 0. The lowest BCUT2D eigenvalue weighted by Gasteiger charge is -2.01. The molecule has 62 valence electrons. The zero-order valence-electron chi connectivity index (χ0n) is 6.78. The van der Waals surface area contributed by atoms with Crippen molar-refractivity contribution in [2.75, 3.05) is 6.26 Å². The molecule has 0 aromatic heterocycles. The largest absolute Gasteiger partial charge is 0.263 e. The molecule has 0 fully saturated rings. The molecule has 1 rings (SSSR count). The maximum absolute atomic E-state index is 11.4. The fraction of sp³-hybridized carbons (Fsp3) is 0.111. The van der Waals surface area contributed by atoms with Gasteiger partial charge in [0.05, 0.1) is 11.6 Å². The summed E-state index contributed by atoms with van der Waals surface area (Å²) in [6.45, 7) is 0. The molecule has 1 atom stereocenters. The first kappa shape index (κ1) is 8.82. The quantitative estimate of drug-likeness (QED) is 0.609. The van der Waals surface area contributed by atoms with Gasteiger partial charge in [0.25, 0.3) is 0 Å². The second-order valence-corrected chi connectivity index (χ2v) is 5.13. The standard InChI is InChI=1S/C9H9NOS/c1-12(2,11)9-5-3-4-8(6-9)7-10/h3-6H,1H2,2H3. The molecule has 0 aliphatic heterocycles. The van der Waals surface area contributed by atoms with Crippen molar-refractivity contribution >= 4 is 15.4 Å². The summed E-state index contributed by atoms with van der Waals surface area (Å²) in [6, 6.07) is 8.70. The molecule has 0 amide bonds. The molecule has 0 bridgehead atoms. The van der Waals surface area contributed by atoms with Crippen LogP contribution in [0.5, 0.6) is 0 Å². The zero-order valence-corrected chi connectivity index (χ0v) is 7.60. The van der Waals surface area contributed by atoms with E-state index in [-0.39, 0.29) is 0 Å². The molecule has 0 heterocycles. The van der Waals surface area contributed by atoms with Crippen LogP contribution in [0, 0.1) is 11.3 Å². The van der Waals surface area contributed by atoms with Crippen LogP contribution in [0.1, 0.15) is 5.56 Å². The Kier molecular flexibility index (Phi) is 2.20. The third-order valence-electron chi connectivity index (χ3n) is 1.46. The highest BCUT2D eigenvalue weighted by Gasteiger charge is 2.00. The van der Waals surface area contributed by atoms with Crippen LogP contribution in [0.3, 0.4) is 0 Å². The van der Waals surface area contributed by atoms with E-state index < -0.39 is 9.52 Å². The number of benzene rings is 1. The van der Waals surface area contributed by atoms with Crippen molar-refractivity contribution in [2.45, 2.75) is 4.90 Å². The van der Waals surface area contributed by atoms with Crippen molar-refractivity contribution in [3.63, 3.8) is 0 Å². The molecule has 0 aliphatic carbocycles. The molecule has 0 N–H and O–H groups in total. The number of nitriles is 1. The van der Waals surface area contributed by atoms with E-state index in [1.54, 1.807) is 30.5 Å². The monoisotopic (exact) mass is 179 g/mol. The van der Waals surface area contributed by atoms with Crippen molar-refractivity contribution in [3.05, 3.63) is 29.8 Å². The zero-order chi connectivity index (χ0) is 9.19. The Morgan fingerprint density at radius 2 is 2.25 bits per heavy atom. The molecule has 0 spiro atoms. The predicted octanol–water partition coefficient (Wildman–Crippen LogP) is 1.26. The maximum Gasteiger partial charge on any atom is 0.0992 e. The summed E-state index contributed by atoms with van der Waals surface area (Å²) in [5.74, 6) is 3.53. The molecule has 1 aromatic carbocycles. The van der Waals surface area contributed by atoms with E-state index in [1.807, 2.05) is 6.07 Å². The van der Waals surface area contributed by atoms with Crippen molar-refractivity contribution in [3.8, 4) is 6.07 Å². The van der Waals surface area contributed by atoms with E-state index in [0.29, 0.717) is 10.5 Å². The van der Waals surface area contributed by atoms with Crippen LogP contribution in [0.4, 0.5) is 0 Å². The molecular weight excluding hydrogens is 170 g/mol. The van der Waals surface area contributed by atoms with Gasteiger partial charge in [0, 0.05) is 11.2 Å². The van der Waals surface area contributed by atoms with Gasteiger partial charge in [-0.2, -0.15) is 5.26 Å². The minimum Gasteiger partial charge on any atom is -0.263 e. The SMILES string of the molecule is C=S(C)(=O)c1cccc(C#N)c1. The topological polar surface area (TPSA) is 40.9 Å². The fourth-order valence-corrected chi connectivity index (χ4v) is 1.58. The first-order valence-electron chi connectivity index (χ1n) is 3.36. The first-order valence-corrected chi connectivity index (χ1v) is 5.50. The second kappa shape index (κ2) is 3.00. The molecule has 0 aliphatic rings. The fourth-order valence-electron chi connectivity index (χ4n) is 0.834. The van der Waals surface area contributed by atoms with Gasteiger partial charge in [-0.25, -0.2) is 0 Å². The number of nitrogens with zero attached hydrogens (tertiary/aromatic N) is 1. The summed E-state index contributed by atoms with van der Waals surface area (Å²) >= 11 is 0. The van der Waals surface area contributed by atoms with E-state index >= 15 is 0 Å². The summed E-state index contributed by atoms with van der Waals surface area (Å²) in [7, 11) is -2.19. The van der Waals surface area contributed by atoms with Crippen LogP contribution in [0.25, 0.3) is 0 Å². The molecule has 0 saturated heterocycles. The summed E-state index contributed by atoms with van der Waals surface area (Å²) in [4.78, 5) is 0.626. The minimum absolute atomic E-state index is 0.519. The number of hydrogen-bond acceptors (Lipinski definition) is 2. The molecule has 0 saturated carbocycles. The molecular formula is C9H9NOS. The highest BCUT2D eigenvalue weighted by atomic mass is 32.2. The van der Waals surface area contributed by atoms with Gasteiger partial charge in [0.2, 0.25) is 0 Å². The molecule has 2 nitrogen and oxygen atoms in total. The van der Waals surface area contributed by atoms with Gasteiger partial charge in [-0.1, -0.05) is 6.07 Å². The van der Waals surface area contributed by atoms with Gasteiger partial charge < -0.3 is 0 Å². The summed E-state index contributed by atoms with van der Waals surface area (Å²) in [6.07, 6.45) is 1.56. The lowest BCUT2D eigenvalue weighted by molar-refractivity contribution is 0.685. The smallest absolute Gasteiger partial charge is 0.0992 e. The summed E-state index contributed by atoms with van der Waals surface area (Å²) in [5, 5.41) is 8.56. The lowest BCUT2D eigenvalue weighted by atomic mass is 10.2. The highest BCUT2D eigenvalue weighted by Crippen LogP contribution is 2.09. The average molecular weight is 179 g/mol. The van der Waals surface area contributed by atoms with Crippen LogP contribution in [-0.4, -0.2) is 16.3 Å². The van der Waals surface area contributed by atoms with Gasteiger partial charge in [-0.05, 0) is 33.6 Å². The number of rotatable bonds is 1. The van der Waals surface area contributed by atoms with Gasteiger partial charge in [-0.15, -0.1) is 0 Å². The average Bonchev–Trinajstić information content (AvgIpc) is 2.03. The Morgan fingerprint density at radius 1 is 1.58 bits per heavy atom. The van der Waals surface area contributed by atoms with Crippen LogP contribution in [0.15, 0.2) is 29.2 Å². The highest BCUT2D eigenvalue weighted by molar-refractivity contribution is 7.99. The third kappa shape index (κ3) is 1.86. The van der Waals surface area contributed by atoms with Crippen molar-refractivity contribution < 1.29 is 4.21 Å². The molecule has 3 heteroatoms. The second-order valence-electron chi connectivity index (χ2n) is 2.64. The van der Waals surface area contributed by atoms with Gasteiger partial charge in [-0.3, -0.25) is 4.21 Å². The lowest BCUT2D eigenvalue weighted by Crippen LogP contribution is -1.96. The van der Waals surface area contributed by atoms with Gasteiger partial charge in [0.1, 0.15) is 0 Å². The molecule has 1 aromatic rings. The third-order valence-corrected chi connectivity index (χ3v) is 2.71. The normalized spacial score (nSPS) is 14.7. The Balaban J connectivity index is 3.32. The Labute approximate surface area is 72.5 Å². The minimum atomic E-state index is -2.19. The molecule has 0 radical (unpaired) electrons. The van der Waals surface area contributed by atoms with Crippen molar-refractivity contribution in [1.82, 2.24) is 0 Å². The van der Waals surface area contributed by atoms with Crippen LogP contribution in [-0.2, 0) is 9.52 Å². The molecule has 1 unspecified atom stereocenters. The predicted molar refractivity (Wildman–Crippen MR) is 50.6 cm³/mol. The van der Waals surface area contributed by atoms with E-state index in [1.165, 1.54) is 0 Å². The van der Waals surface area contributed by atoms with E-state index in [9.17, 15) is 4.21 Å². The van der Waals surface area contributed by atoms with Crippen LogP contribution in [0.2, 0.25) is 0 Å². The summed E-state index contributed by atoms with van der Waals surface area (Å²) in [5.41, 5.74) is 0.519. The van der Waals surface area contributed by atoms with Crippen molar-refractivity contribution in [2.24, 2.45) is 0 Å². The Hall–Kier alpha value is -1.27. The maximum atomic E-state index is 11.4. The van der Waals surface area contributed by atoms with E-state index in [0.717, 1.165) is 0 Å². The molecule has 12 heavy (non-hydrogen) atoms. The first-order chi connectivity index (χ1) is 5.54.